The highest BCUT2D eigenvalue weighted by molar-refractivity contribution is 5.93. The van der Waals surface area contributed by atoms with Crippen molar-refractivity contribution in [1.29, 1.82) is 0 Å². The maximum atomic E-state index is 12.5. The first-order chi connectivity index (χ1) is 10.6. The highest BCUT2D eigenvalue weighted by Crippen LogP contribution is 2.19. The summed E-state index contributed by atoms with van der Waals surface area (Å²) in [6.45, 7) is 7.96. The monoisotopic (exact) mass is 306 g/mol. The summed E-state index contributed by atoms with van der Waals surface area (Å²) in [6.07, 6.45) is 1.70. The molecule has 1 amide bonds. The lowest BCUT2D eigenvalue weighted by molar-refractivity contribution is -0.143. The van der Waals surface area contributed by atoms with E-state index in [2.05, 4.69) is 39.1 Å². The van der Waals surface area contributed by atoms with Gasteiger partial charge in [-0.25, -0.2) is 4.98 Å². The Morgan fingerprint density at radius 1 is 1.41 bits per heavy atom. The van der Waals surface area contributed by atoms with Gasteiger partial charge in [-0.2, -0.15) is 5.10 Å². The molecule has 1 atom stereocenters. The minimum atomic E-state index is -0.432. The smallest absolute Gasteiger partial charge is 0.266 e. The predicted octanol–water partition coefficient (Wildman–Crippen LogP) is 0.250. The fraction of sp³-hybridized carbons (Fsp3) is 0.714. The molecule has 0 spiro atoms. The van der Waals surface area contributed by atoms with Gasteiger partial charge in [0, 0.05) is 32.6 Å². The normalized spacial score (nSPS) is 22.8. The molecule has 1 saturated heterocycles. The van der Waals surface area contributed by atoms with Crippen LogP contribution in [0.1, 0.15) is 26.1 Å². The van der Waals surface area contributed by atoms with Crippen molar-refractivity contribution in [2.75, 3.05) is 26.2 Å². The molecule has 0 aliphatic carbocycles. The number of H-pyrrole nitrogens is 1. The number of amides is 1. The van der Waals surface area contributed by atoms with Crippen molar-refractivity contribution in [2.24, 2.45) is 11.1 Å². The number of nitrogens with one attached hydrogen (secondary N) is 1. The van der Waals surface area contributed by atoms with E-state index in [0.717, 1.165) is 31.2 Å². The Labute approximate surface area is 129 Å². The molecule has 1 unspecified atom stereocenters. The van der Waals surface area contributed by atoms with Crippen LogP contribution in [0.2, 0.25) is 0 Å². The zero-order valence-corrected chi connectivity index (χ0v) is 13.0. The molecular formula is C14H22N6O2. The van der Waals surface area contributed by atoms with Crippen LogP contribution in [0.25, 0.3) is 0 Å². The fourth-order valence-electron chi connectivity index (χ4n) is 2.72. The molecule has 0 radical (unpaired) electrons. The number of rotatable bonds is 4. The van der Waals surface area contributed by atoms with Crippen LogP contribution < -0.4 is 0 Å². The molecule has 1 aromatic heterocycles. The molecule has 1 aromatic rings. The highest BCUT2D eigenvalue weighted by Gasteiger charge is 2.34. The lowest BCUT2D eigenvalue weighted by Crippen LogP contribution is -2.51. The number of aromatic amines is 1. The second-order valence-electron chi connectivity index (χ2n) is 6.07. The summed E-state index contributed by atoms with van der Waals surface area (Å²) in [7, 11) is 0. The van der Waals surface area contributed by atoms with Gasteiger partial charge in [0.1, 0.15) is 12.2 Å². The van der Waals surface area contributed by atoms with Crippen LogP contribution in [0.3, 0.4) is 0 Å². The molecule has 0 aromatic carbocycles. The molecule has 0 bridgehead atoms. The third-order valence-corrected chi connectivity index (χ3v) is 4.16. The Morgan fingerprint density at radius 3 is 2.77 bits per heavy atom. The SMILES string of the molecule is CC(C)C1=NOC(C(=O)N2CCN(Cc3ncn[nH]3)CC2)C1. The van der Waals surface area contributed by atoms with Gasteiger partial charge in [0.25, 0.3) is 5.91 Å². The van der Waals surface area contributed by atoms with Crippen LogP contribution in [0.15, 0.2) is 11.5 Å². The van der Waals surface area contributed by atoms with Crippen LogP contribution in [0.5, 0.6) is 0 Å². The average Bonchev–Trinajstić information content (AvgIpc) is 3.18. The minimum absolute atomic E-state index is 0.0544. The highest BCUT2D eigenvalue weighted by atomic mass is 16.6. The van der Waals surface area contributed by atoms with E-state index in [0.29, 0.717) is 25.4 Å². The zero-order valence-electron chi connectivity index (χ0n) is 13.0. The van der Waals surface area contributed by atoms with Gasteiger partial charge in [0.05, 0.1) is 12.3 Å². The molecule has 0 saturated carbocycles. The van der Waals surface area contributed by atoms with Gasteiger partial charge < -0.3 is 9.74 Å². The number of piperazine rings is 1. The van der Waals surface area contributed by atoms with Crippen LogP contribution in [-0.2, 0) is 16.2 Å². The van der Waals surface area contributed by atoms with Gasteiger partial charge in [0.2, 0.25) is 6.10 Å². The molecule has 3 rings (SSSR count). The van der Waals surface area contributed by atoms with Gasteiger partial charge in [0.15, 0.2) is 0 Å². The second-order valence-corrected chi connectivity index (χ2v) is 6.07. The number of hydrogen-bond donors (Lipinski definition) is 1. The van der Waals surface area contributed by atoms with Crippen molar-refractivity contribution in [3.63, 3.8) is 0 Å². The number of oxime groups is 1. The van der Waals surface area contributed by atoms with Crippen molar-refractivity contribution in [3.8, 4) is 0 Å². The first-order valence-corrected chi connectivity index (χ1v) is 7.71. The van der Waals surface area contributed by atoms with Gasteiger partial charge in [-0.15, -0.1) is 0 Å². The largest absolute Gasteiger partial charge is 0.382 e. The Bertz CT molecular complexity index is 534. The summed E-state index contributed by atoms with van der Waals surface area (Å²) < 4.78 is 0. The molecule has 8 heteroatoms. The topological polar surface area (TPSA) is 86.7 Å². The summed E-state index contributed by atoms with van der Waals surface area (Å²) in [4.78, 5) is 26.0. The van der Waals surface area contributed by atoms with Gasteiger partial charge in [-0.05, 0) is 5.92 Å². The standard InChI is InChI=1S/C14H22N6O2/c1-10(2)11-7-12(22-18-11)14(21)20-5-3-19(4-6-20)8-13-15-9-16-17-13/h9-10,12H,3-8H2,1-2H3,(H,15,16,17). The predicted molar refractivity (Wildman–Crippen MR) is 80.0 cm³/mol. The molecule has 1 fully saturated rings. The first kappa shape index (κ1) is 15.0. The maximum absolute atomic E-state index is 12.5. The second kappa shape index (κ2) is 6.43. The number of hydrogen-bond acceptors (Lipinski definition) is 6. The van der Waals surface area contributed by atoms with Crippen molar-refractivity contribution >= 4 is 11.6 Å². The van der Waals surface area contributed by atoms with E-state index in [1.54, 1.807) is 0 Å². The molecule has 2 aliphatic heterocycles. The lowest BCUT2D eigenvalue weighted by Gasteiger charge is -2.34. The molecule has 22 heavy (non-hydrogen) atoms. The van der Waals surface area contributed by atoms with Gasteiger partial charge in [-0.3, -0.25) is 14.8 Å². The average molecular weight is 306 g/mol. The van der Waals surface area contributed by atoms with Crippen molar-refractivity contribution in [2.45, 2.75) is 32.9 Å². The van der Waals surface area contributed by atoms with E-state index < -0.39 is 6.10 Å². The van der Waals surface area contributed by atoms with Gasteiger partial charge >= 0.3 is 0 Å². The van der Waals surface area contributed by atoms with E-state index >= 15 is 0 Å². The van der Waals surface area contributed by atoms with E-state index in [1.165, 1.54) is 6.33 Å². The van der Waals surface area contributed by atoms with E-state index in [1.807, 2.05) is 4.90 Å². The summed E-state index contributed by atoms with van der Waals surface area (Å²) in [5.74, 6) is 1.24. The summed E-state index contributed by atoms with van der Waals surface area (Å²) in [5.41, 5.74) is 0.974. The van der Waals surface area contributed by atoms with E-state index in [9.17, 15) is 4.79 Å². The van der Waals surface area contributed by atoms with Crippen LogP contribution in [-0.4, -0.2) is 68.9 Å². The number of carbonyl (C=O) groups excluding carboxylic acids is 1. The molecule has 1 N–H and O–H groups in total. The van der Waals surface area contributed by atoms with Crippen molar-refractivity contribution in [1.82, 2.24) is 25.0 Å². The third-order valence-electron chi connectivity index (χ3n) is 4.16. The Balaban J connectivity index is 1.46. The summed E-state index contributed by atoms with van der Waals surface area (Å²) in [5, 5.41) is 10.7. The Morgan fingerprint density at radius 2 is 2.18 bits per heavy atom. The Kier molecular flexibility index (Phi) is 4.37. The van der Waals surface area contributed by atoms with E-state index in [4.69, 9.17) is 4.84 Å². The summed E-state index contributed by atoms with van der Waals surface area (Å²) in [6, 6.07) is 0. The lowest BCUT2D eigenvalue weighted by atomic mass is 10.0. The maximum Gasteiger partial charge on any atom is 0.266 e. The molecular weight excluding hydrogens is 284 g/mol. The van der Waals surface area contributed by atoms with Crippen molar-refractivity contribution in [3.05, 3.63) is 12.2 Å². The zero-order chi connectivity index (χ0) is 15.5. The van der Waals surface area contributed by atoms with E-state index in [-0.39, 0.29) is 5.91 Å². The van der Waals surface area contributed by atoms with Gasteiger partial charge in [-0.1, -0.05) is 19.0 Å². The molecule has 3 heterocycles. The van der Waals surface area contributed by atoms with Crippen LogP contribution in [0.4, 0.5) is 0 Å². The molecule has 120 valence electrons. The summed E-state index contributed by atoms with van der Waals surface area (Å²) >= 11 is 0. The first-order valence-electron chi connectivity index (χ1n) is 7.71. The molecule has 2 aliphatic rings. The number of carbonyl (C=O) groups is 1. The quantitative estimate of drug-likeness (QED) is 0.861. The number of nitrogens with zero attached hydrogens (tertiary/aromatic N) is 5. The van der Waals surface area contributed by atoms with Crippen LogP contribution in [0, 0.1) is 5.92 Å². The third kappa shape index (κ3) is 3.27. The Hall–Kier alpha value is -1.96. The fourth-order valence-corrected chi connectivity index (χ4v) is 2.72. The molecule has 8 nitrogen and oxygen atoms in total. The number of aromatic nitrogens is 3. The van der Waals surface area contributed by atoms with Crippen LogP contribution >= 0.6 is 0 Å². The van der Waals surface area contributed by atoms with Crippen molar-refractivity contribution < 1.29 is 9.63 Å². The minimum Gasteiger partial charge on any atom is -0.382 e.